The molecule has 0 heterocycles. The van der Waals surface area contributed by atoms with E-state index in [1.54, 1.807) is 0 Å². The summed E-state index contributed by atoms with van der Waals surface area (Å²) in [5.74, 6) is 0.0907. The van der Waals surface area contributed by atoms with Crippen molar-refractivity contribution in [2.75, 3.05) is 14.1 Å². The Morgan fingerprint density at radius 2 is 2.08 bits per heavy atom. The molecular formula is C10H16FN. The van der Waals surface area contributed by atoms with Gasteiger partial charge in [0.2, 0.25) is 0 Å². The SMILES string of the molecule is CC1=C(F)C(C)CC(N(C)C)=C1. The van der Waals surface area contributed by atoms with Crippen LogP contribution in [0, 0.1) is 5.92 Å². The smallest absolute Gasteiger partial charge is 0.106 e. The van der Waals surface area contributed by atoms with Gasteiger partial charge < -0.3 is 4.90 Å². The minimum absolute atomic E-state index is 0.0422. The third-order valence-corrected chi connectivity index (χ3v) is 2.28. The predicted molar refractivity (Wildman–Crippen MR) is 49.4 cm³/mol. The standard InChI is InChI=1S/C10H16FN/c1-7-5-9(12(3)4)6-8(2)10(7)11/h5,8H,6H2,1-4H3. The van der Waals surface area contributed by atoms with E-state index in [9.17, 15) is 4.39 Å². The van der Waals surface area contributed by atoms with Crippen molar-refractivity contribution in [3.8, 4) is 0 Å². The van der Waals surface area contributed by atoms with E-state index in [1.807, 2.05) is 38.9 Å². The molecule has 2 heteroatoms. The van der Waals surface area contributed by atoms with Crippen molar-refractivity contribution in [3.05, 3.63) is 23.2 Å². The van der Waals surface area contributed by atoms with E-state index >= 15 is 0 Å². The van der Waals surface area contributed by atoms with Crippen LogP contribution in [0.1, 0.15) is 20.3 Å². The van der Waals surface area contributed by atoms with Crippen molar-refractivity contribution in [1.29, 1.82) is 0 Å². The summed E-state index contributed by atoms with van der Waals surface area (Å²) in [6.45, 7) is 3.75. The third-order valence-electron chi connectivity index (χ3n) is 2.28. The van der Waals surface area contributed by atoms with Gasteiger partial charge >= 0.3 is 0 Å². The second-order valence-electron chi connectivity index (χ2n) is 3.67. The van der Waals surface area contributed by atoms with Crippen LogP contribution in [0.3, 0.4) is 0 Å². The summed E-state index contributed by atoms with van der Waals surface area (Å²) in [5.41, 5.74) is 1.99. The maximum absolute atomic E-state index is 13.2. The molecule has 0 aromatic rings. The molecule has 0 aromatic heterocycles. The van der Waals surface area contributed by atoms with Crippen LogP contribution < -0.4 is 0 Å². The number of allylic oxidation sites excluding steroid dienone is 4. The largest absolute Gasteiger partial charge is 0.381 e. The van der Waals surface area contributed by atoms with E-state index in [1.165, 1.54) is 5.70 Å². The lowest BCUT2D eigenvalue weighted by molar-refractivity contribution is 0.409. The second-order valence-corrected chi connectivity index (χ2v) is 3.67. The molecule has 0 bridgehead atoms. The minimum atomic E-state index is 0.0422. The van der Waals surface area contributed by atoms with Crippen LogP contribution in [-0.4, -0.2) is 19.0 Å². The van der Waals surface area contributed by atoms with Gasteiger partial charge in [0.05, 0.1) is 0 Å². The molecule has 0 aliphatic heterocycles. The van der Waals surface area contributed by atoms with Crippen molar-refractivity contribution in [2.24, 2.45) is 5.92 Å². The van der Waals surface area contributed by atoms with E-state index in [4.69, 9.17) is 0 Å². The highest BCUT2D eigenvalue weighted by Crippen LogP contribution is 2.30. The van der Waals surface area contributed by atoms with Gasteiger partial charge in [-0.15, -0.1) is 0 Å². The van der Waals surface area contributed by atoms with Gasteiger partial charge in [0, 0.05) is 25.7 Å². The zero-order chi connectivity index (χ0) is 9.30. The van der Waals surface area contributed by atoms with E-state index in [0.717, 1.165) is 12.0 Å². The molecule has 68 valence electrons. The second kappa shape index (κ2) is 3.30. The Kier molecular flexibility index (Phi) is 2.55. The third kappa shape index (κ3) is 1.68. The van der Waals surface area contributed by atoms with Crippen molar-refractivity contribution < 1.29 is 4.39 Å². The van der Waals surface area contributed by atoms with Crippen LogP contribution in [0.5, 0.6) is 0 Å². The Balaban J connectivity index is 2.91. The van der Waals surface area contributed by atoms with Gasteiger partial charge in [0.25, 0.3) is 0 Å². The van der Waals surface area contributed by atoms with Crippen molar-refractivity contribution in [1.82, 2.24) is 4.90 Å². The van der Waals surface area contributed by atoms with Crippen LogP contribution >= 0.6 is 0 Å². The summed E-state index contributed by atoms with van der Waals surface area (Å²) in [7, 11) is 3.99. The van der Waals surface area contributed by atoms with Crippen LogP contribution in [0.25, 0.3) is 0 Å². The van der Waals surface area contributed by atoms with Crippen LogP contribution in [0.15, 0.2) is 23.2 Å². The van der Waals surface area contributed by atoms with Crippen molar-refractivity contribution in [2.45, 2.75) is 20.3 Å². The molecule has 0 saturated carbocycles. The quantitative estimate of drug-likeness (QED) is 0.583. The Bertz CT molecular complexity index is 238. The molecule has 0 amide bonds. The molecule has 1 rings (SSSR count). The molecule has 0 radical (unpaired) electrons. The highest BCUT2D eigenvalue weighted by atomic mass is 19.1. The number of rotatable bonds is 1. The molecule has 1 atom stereocenters. The van der Waals surface area contributed by atoms with Crippen molar-refractivity contribution in [3.63, 3.8) is 0 Å². The molecule has 0 aromatic carbocycles. The first-order chi connectivity index (χ1) is 5.52. The zero-order valence-corrected chi connectivity index (χ0v) is 8.19. The van der Waals surface area contributed by atoms with Crippen LogP contribution in [0.2, 0.25) is 0 Å². The fourth-order valence-electron chi connectivity index (χ4n) is 1.48. The van der Waals surface area contributed by atoms with E-state index < -0.39 is 0 Å². The number of hydrogen-bond acceptors (Lipinski definition) is 1. The van der Waals surface area contributed by atoms with Gasteiger partial charge in [0.1, 0.15) is 5.83 Å². The molecule has 0 spiro atoms. The summed E-state index contributed by atoms with van der Waals surface area (Å²) in [6.07, 6.45) is 2.74. The molecule has 1 aliphatic rings. The summed E-state index contributed by atoms with van der Waals surface area (Å²) in [4.78, 5) is 2.05. The summed E-state index contributed by atoms with van der Waals surface area (Å²) >= 11 is 0. The average molecular weight is 169 g/mol. The zero-order valence-electron chi connectivity index (χ0n) is 8.19. The first-order valence-electron chi connectivity index (χ1n) is 4.26. The number of hydrogen-bond donors (Lipinski definition) is 0. The van der Waals surface area contributed by atoms with E-state index in [0.29, 0.717) is 0 Å². The number of nitrogens with zero attached hydrogens (tertiary/aromatic N) is 1. The molecule has 0 fully saturated rings. The summed E-state index contributed by atoms with van der Waals surface area (Å²) in [6, 6.07) is 0. The molecule has 1 nitrogen and oxygen atoms in total. The molecule has 1 unspecified atom stereocenters. The Morgan fingerprint density at radius 1 is 1.50 bits per heavy atom. The fraction of sp³-hybridized carbons (Fsp3) is 0.600. The van der Waals surface area contributed by atoms with Gasteiger partial charge in [-0.25, -0.2) is 4.39 Å². The highest BCUT2D eigenvalue weighted by Gasteiger charge is 2.18. The van der Waals surface area contributed by atoms with Crippen LogP contribution in [-0.2, 0) is 0 Å². The maximum Gasteiger partial charge on any atom is 0.106 e. The number of halogens is 1. The molecule has 12 heavy (non-hydrogen) atoms. The first kappa shape index (κ1) is 9.30. The van der Waals surface area contributed by atoms with Gasteiger partial charge in [-0.2, -0.15) is 0 Å². The molecule has 1 aliphatic carbocycles. The Labute approximate surface area is 73.6 Å². The molecular weight excluding hydrogens is 153 g/mol. The van der Waals surface area contributed by atoms with Gasteiger partial charge in [-0.1, -0.05) is 6.92 Å². The first-order valence-corrected chi connectivity index (χ1v) is 4.26. The van der Waals surface area contributed by atoms with Gasteiger partial charge in [0.15, 0.2) is 0 Å². The van der Waals surface area contributed by atoms with Gasteiger partial charge in [-0.3, -0.25) is 0 Å². The Hall–Kier alpha value is -0.790. The summed E-state index contributed by atoms with van der Waals surface area (Å²) in [5, 5.41) is 0. The monoisotopic (exact) mass is 169 g/mol. The fourth-order valence-corrected chi connectivity index (χ4v) is 1.48. The lowest BCUT2D eigenvalue weighted by Gasteiger charge is -2.24. The lowest BCUT2D eigenvalue weighted by Crippen LogP contribution is -2.17. The van der Waals surface area contributed by atoms with E-state index in [-0.39, 0.29) is 11.7 Å². The topological polar surface area (TPSA) is 3.24 Å². The molecule has 0 saturated heterocycles. The normalized spacial score (nSPS) is 24.1. The predicted octanol–water partition coefficient (Wildman–Crippen LogP) is 2.72. The van der Waals surface area contributed by atoms with Crippen molar-refractivity contribution >= 4 is 0 Å². The summed E-state index contributed by atoms with van der Waals surface area (Å²) < 4.78 is 13.2. The van der Waals surface area contributed by atoms with Gasteiger partial charge in [-0.05, 0) is 25.0 Å². The van der Waals surface area contributed by atoms with E-state index in [2.05, 4.69) is 0 Å². The minimum Gasteiger partial charge on any atom is -0.381 e. The average Bonchev–Trinajstić information content (AvgIpc) is 1.99. The maximum atomic E-state index is 13.2. The lowest BCUT2D eigenvalue weighted by atomic mass is 9.94. The molecule has 0 N–H and O–H groups in total. The Morgan fingerprint density at radius 3 is 2.50 bits per heavy atom. The highest BCUT2D eigenvalue weighted by molar-refractivity contribution is 5.29. The van der Waals surface area contributed by atoms with Crippen LogP contribution in [0.4, 0.5) is 4.39 Å².